The summed E-state index contributed by atoms with van der Waals surface area (Å²) in [6, 6.07) is 7.74. The maximum absolute atomic E-state index is 11.6. The van der Waals surface area contributed by atoms with Crippen molar-refractivity contribution in [3.05, 3.63) is 35.4 Å². The third-order valence-corrected chi connectivity index (χ3v) is 3.31. The number of aryl methyl sites for hydroxylation is 1. The van der Waals surface area contributed by atoms with Crippen LogP contribution in [-0.4, -0.2) is 48.9 Å². The van der Waals surface area contributed by atoms with Crippen molar-refractivity contribution in [2.24, 2.45) is 4.99 Å². The van der Waals surface area contributed by atoms with Crippen LogP contribution >= 0.6 is 24.0 Å². The number of aliphatic hydroxyl groups is 1. The zero-order valence-corrected chi connectivity index (χ0v) is 19.2. The highest BCUT2D eigenvalue weighted by Gasteiger charge is 2.15. The van der Waals surface area contributed by atoms with Crippen molar-refractivity contribution in [3.63, 3.8) is 0 Å². The second-order valence-electron chi connectivity index (χ2n) is 7.00. The van der Waals surface area contributed by atoms with E-state index in [1.807, 2.05) is 58.9 Å². The molecule has 0 saturated heterocycles. The normalized spacial score (nSPS) is 12.6. The van der Waals surface area contributed by atoms with E-state index in [2.05, 4.69) is 20.9 Å². The third kappa shape index (κ3) is 11.7. The summed E-state index contributed by atoms with van der Waals surface area (Å²) >= 11 is 0. The molecule has 0 heterocycles. The van der Waals surface area contributed by atoms with Gasteiger partial charge >= 0.3 is 6.09 Å². The van der Waals surface area contributed by atoms with Crippen LogP contribution in [0.15, 0.2) is 29.3 Å². The molecule has 1 unspecified atom stereocenters. The highest BCUT2D eigenvalue weighted by Crippen LogP contribution is 2.13. The second-order valence-corrected chi connectivity index (χ2v) is 7.00. The van der Waals surface area contributed by atoms with Crippen molar-refractivity contribution in [2.45, 2.75) is 46.3 Å². The lowest BCUT2D eigenvalue weighted by molar-refractivity contribution is 0.0529. The van der Waals surface area contributed by atoms with Gasteiger partial charge in [-0.15, -0.1) is 24.0 Å². The minimum Gasteiger partial charge on any atom is -0.444 e. The number of nitrogens with one attached hydrogen (secondary N) is 3. The van der Waals surface area contributed by atoms with Crippen LogP contribution in [0.3, 0.4) is 0 Å². The van der Waals surface area contributed by atoms with Crippen LogP contribution in [-0.2, 0) is 4.74 Å². The van der Waals surface area contributed by atoms with Crippen LogP contribution in [0.1, 0.15) is 44.9 Å². The van der Waals surface area contributed by atoms with Gasteiger partial charge < -0.3 is 25.8 Å². The number of hydrogen-bond acceptors (Lipinski definition) is 4. The van der Waals surface area contributed by atoms with Crippen LogP contribution in [0.2, 0.25) is 0 Å². The number of aliphatic imine (C=N–C) groups is 1. The van der Waals surface area contributed by atoms with Gasteiger partial charge in [-0.2, -0.15) is 0 Å². The number of nitrogens with zero attached hydrogens (tertiary/aromatic N) is 1. The molecule has 0 bridgehead atoms. The van der Waals surface area contributed by atoms with Gasteiger partial charge in [0.2, 0.25) is 0 Å². The molecule has 8 heteroatoms. The number of hydrogen-bond donors (Lipinski definition) is 4. The second kappa shape index (κ2) is 12.8. The smallest absolute Gasteiger partial charge is 0.407 e. The van der Waals surface area contributed by atoms with E-state index >= 15 is 0 Å². The Morgan fingerprint density at radius 2 is 1.74 bits per heavy atom. The largest absolute Gasteiger partial charge is 0.444 e. The lowest BCUT2D eigenvalue weighted by Gasteiger charge is -2.20. The molecule has 0 fully saturated rings. The molecule has 1 amide bonds. The van der Waals surface area contributed by atoms with Crippen molar-refractivity contribution in [2.75, 3.05) is 26.2 Å². The first-order valence-corrected chi connectivity index (χ1v) is 8.95. The molecule has 0 saturated carbocycles. The van der Waals surface area contributed by atoms with Gasteiger partial charge in [0.1, 0.15) is 5.60 Å². The molecule has 0 spiro atoms. The molecule has 27 heavy (non-hydrogen) atoms. The maximum Gasteiger partial charge on any atom is 0.407 e. The quantitative estimate of drug-likeness (QED) is 0.203. The van der Waals surface area contributed by atoms with Crippen LogP contribution in [0.4, 0.5) is 4.79 Å². The van der Waals surface area contributed by atoms with E-state index in [0.717, 1.165) is 11.1 Å². The zero-order valence-electron chi connectivity index (χ0n) is 16.8. The number of alkyl carbamates (subject to hydrolysis) is 1. The van der Waals surface area contributed by atoms with E-state index in [4.69, 9.17) is 4.74 Å². The summed E-state index contributed by atoms with van der Waals surface area (Å²) in [5.74, 6) is 0.588. The van der Waals surface area contributed by atoms with E-state index < -0.39 is 17.8 Å². The molecule has 0 aliphatic carbocycles. The molecule has 7 nitrogen and oxygen atoms in total. The van der Waals surface area contributed by atoms with Gasteiger partial charge in [-0.25, -0.2) is 4.79 Å². The lowest BCUT2D eigenvalue weighted by Crippen LogP contribution is -2.42. The molecular weight excluding hydrogens is 459 g/mol. The van der Waals surface area contributed by atoms with Gasteiger partial charge in [0, 0.05) is 19.6 Å². The highest BCUT2D eigenvalue weighted by atomic mass is 127. The fourth-order valence-corrected chi connectivity index (χ4v) is 2.07. The van der Waals surface area contributed by atoms with E-state index in [9.17, 15) is 9.90 Å². The molecule has 0 aromatic heterocycles. The number of carbonyl (C=O) groups is 1. The average Bonchev–Trinajstić information content (AvgIpc) is 2.55. The Morgan fingerprint density at radius 1 is 1.15 bits per heavy atom. The number of rotatable bonds is 7. The van der Waals surface area contributed by atoms with Gasteiger partial charge in [-0.05, 0) is 40.2 Å². The van der Waals surface area contributed by atoms with Gasteiger partial charge in [0.25, 0.3) is 0 Å². The Bertz CT molecular complexity index is 586. The first kappa shape index (κ1) is 25.4. The van der Waals surface area contributed by atoms with Crippen molar-refractivity contribution < 1.29 is 14.6 Å². The molecular formula is C19H33IN4O3. The predicted octanol–water partition coefficient (Wildman–Crippen LogP) is 2.73. The van der Waals surface area contributed by atoms with Crippen LogP contribution < -0.4 is 16.0 Å². The Hall–Kier alpha value is -1.55. The Labute approximate surface area is 179 Å². The number of halogens is 1. The lowest BCUT2D eigenvalue weighted by atomic mass is 10.1. The van der Waals surface area contributed by atoms with E-state index in [1.54, 1.807) is 0 Å². The number of aliphatic hydroxyl groups excluding tert-OH is 1. The molecule has 154 valence electrons. The molecule has 4 N–H and O–H groups in total. The summed E-state index contributed by atoms with van der Waals surface area (Å²) in [5, 5.41) is 19.1. The standard InChI is InChI=1S/C19H32N4O3.HI/c1-6-20-17(21-11-12-22-18(25)26-19(3,4)5)23-13-16(24)15-9-7-14(2)8-10-15;/h7-10,16,24H,6,11-13H2,1-5H3,(H,22,25)(H2,20,21,23);1H. The minimum absolute atomic E-state index is 0. The number of ether oxygens (including phenoxy) is 1. The van der Waals surface area contributed by atoms with Crippen molar-refractivity contribution in [1.82, 2.24) is 16.0 Å². The van der Waals surface area contributed by atoms with Gasteiger partial charge in [0.05, 0.1) is 12.6 Å². The fraction of sp³-hybridized carbons (Fsp3) is 0.579. The number of benzene rings is 1. The Balaban J connectivity index is 0.00000676. The molecule has 0 aliphatic rings. The van der Waals surface area contributed by atoms with E-state index in [0.29, 0.717) is 25.6 Å². The molecule has 1 aromatic rings. The molecule has 1 rings (SSSR count). The molecule has 1 aromatic carbocycles. The zero-order chi connectivity index (χ0) is 19.6. The summed E-state index contributed by atoms with van der Waals surface area (Å²) in [6.07, 6.45) is -1.11. The van der Waals surface area contributed by atoms with Crippen molar-refractivity contribution in [1.29, 1.82) is 0 Å². The monoisotopic (exact) mass is 492 g/mol. The van der Waals surface area contributed by atoms with E-state index in [-0.39, 0.29) is 30.5 Å². The third-order valence-electron chi connectivity index (χ3n) is 3.31. The van der Waals surface area contributed by atoms with E-state index in [1.165, 1.54) is 0 Å². The van der Waals surface area contributed by atoms with Crippen LogP contribution in [0.25, 0.3) is 0 Å². The summed E-state index contributed by atoms with van der Waals surface area (Å²) in [6.45, 7) is 11.3. The van der Waals surface area contributed by atoms with Gasteiger partial charge in [0.15, 0.2) is 5.96 Å². The maximum atomic E-state index is 11.6. The molecule has 0 aliphatic heterocycles. The summed E-state index contributed by atoms with van der Waals surface area (Å²) < 4.78 is 5.17. The first-order chi connectivity index (χ1) is 12.2. The summed E-state index contributed by atoms with van der Waals surface area (Å²) in [5.41, 5.74) is 1.47. The Kier molecular flexibility index (Phi) is 12.0. The summed E-state index contributed by atoms with van der Waals surface area (Å²) in [4.78, 5) is 16.0. The molecule has 0 radical (unpaired) electrons. The number of carbonyl (C=O) groups excluding carboxylic acids is 1. The topological polar surface area (TPSA) is 95.0 Å². The predicted molar refractivity (Wildman–Crippen MR) is 120 cm³/mol. The van der Waals surface area contributed by atoms with Crippen LogP contribution in [0, 0.1) is 6.92 Å². The first-order valence-electron chi connectivity index (χ1n) is 8.95. The van der Waals surface area contributed by atoms with Gasteiger partial charge in [-0.1, -0.05) is 29.8 Å². The SMILES string of the molecule is CCNC(=NCC(O)c1ccc(C)cc1)NCCNC(=O)OC(C)(C)C.I. The summed E-state index contributed by atoms with van der Waals surface area (Å²) in [7, 11) is 0. The molecule has 1 atom stereocenters. The van der Waals surface area contributed by atoms with Gasteiger partial charge in [-0.3, -0.25) is 4.99 Å². The van der Waals surface area contributed by atoms with Crippen molar-refractivity contribution in [3.8, 4) is 0 Å². The Morgan fingerprint density at radius 3 is 2.30 bits per heavy atom. The average molecular weight is 492 g/mol. The van der Waals surface area contributed by atoms with Crippen LogP contribution in [0.5, 0.6) is 0 Å². The fourth-order valence-electron chi connectivity index (χ4n) is 2.07. The van der Waals surface area contributed by atoms with Crippen molar-refractivity contribution >= 4 is 36.0 Å². The minimum atomic E-state index is -0.661. The number of amides is 1. The highest BCUT2D eigenvalue weighted by molar-refractivity contribution is 14.0. The number of guanidine groups is 1.